The minimum atomic E-state index is 0.0561. The number of amides is 1. The summed E-state index contributed by atoms with van der Waals surface area (Å²) in [6, 6.07) is 0. The molecular weight excluding hydrogens is 246 g/mol. The summed E-state index contributed by atoms with van der Waals surface area (Å²) in [4.78, 5) is 18.4. The van der Waals surface area contributed by atoms with Crippen LogP contribution in [-0.2, 0) is 11.2 Å². The summed E-state index contributed by atoms with van der Waals surface area (Å²) in [7, 11) is 0. The molecule has 0 aromatic carbocycles. The van der Waals surface area contributed by atoms with E-state index in [0.29, 0.717) is 6.54 Å². The first kappa shape index (κ1) is 13.3. The third-order valence-electron chi connectivity index (χ3n) is 3.12. The molecule has 1 amide bonds. The van der Waals surface area contributed by atoms with Gasteiger partial charge in [-0.2, -0.15) is 0 Å². The molecule has 1 saturated heterocycles. The van der Waals surface area contributed by atoms with Crippen LogP contribution in [0.3, 0.4) is 0 Å². The highest BCUT2D eigenvalue weighted by molar-refractivity contribution is 7.13. The number of aromatic nitrogens is 1. The molecule has 4 nitrogen and oxygen atoms in total. The number of nitrogens with zero attached hydrogens (tertiary/aromatic N) is 2. The fourth-order valence-electron chi connectivity index (χ4n) is 1.98. The maximum atomic E-state index is 11.4. The van der Waals surface area contributed by atoms with Crippen molar-refractivity contribution in [3.63, 3.8) is 0 Å². The van der Waals surface area contributed by atoms with Gasteiger partial charge in [-0.15, -0.1) is 11.3 Å². The quantitative estimate of drug-likeness (QED) is 0.888. The molecule has 0 aliphatic carbocycles. The van der Waals surface area contributed by atoms with Crippen molar-refractivity contribution in [1.82, 2.24) is 10.3 Å². The molecule has 1 aliphatic heterocycles. The Labute approximate surface area is 112 Å². The molecule has 0 spiro atoms. The highest BCUT2D eigenvalue weighted by Gasteiger charge is 2.15. The van der Waals surface area contributed by atoms with Crippen LogP contribution in [0.15, 0.2) is 5.38 Å². The summed E-state index contributed by atoms with van der Waals surface area (Å²) in [6.45, 7) is 6.77. The number of rotatable bonds is 5. The Kier molecular flexibility index (Phi) is 4.58. The maximum absolute atomic E-state index is 11.4. The van der Waals surface area contributed by atoms with Gasteiger partial charge in [0.25, 0.3) is 0 Å². The minimum absolute atomic E-state index is 0.0561. The predicted octanol–water partition coefficient (Wildman–Crippen LogP) is 2.06. The van der Waals surface area contributed by atoms with Gasteiger partial charge in [-0.05, 0) is 12.8 Å². The molecule has 2 rings (SSSR count). The monoisotopic (exact) mass is 267 g/mol. The van der Waals surface area contributed by atoms with Gasteiger partial charge >= 0.3 is 0 Å². The van der Waals surface area contributed by atoms with E-state index in [2.05, 4.69) is 20.6 Å². The van der Waals surface area contributed by atoms with Crippen molar-refractivity contribution >= 4 is 22.4 Å². The van der Waals surface area contributed by atoms with Gasteiger partial charge in [0, 0.05) is 37.4 Å². The lowest BCUT2D eigenvalue weighted by Crippen LogP contribution is -2.29. The maximum Gasteiger partial charge on any atom is 0.222 e. The van der Waals surface area contributed by atoms with Gasteiger partial charge in [0.1, 0.15) is 0 Å². The van der Waals surface area contributed by atoms with Gasteiger partial charge in [-0.3, -0.25) is 4.79 Å². The van der Waals surface area contributed by atoms with Crippen molar-refractivity contribution in [3.8, 4) is 0 Å². The van der Waals surface area contributed by atoms with Gasteiger partial charge in [0.15, 0.2) is 5.13 Å². The van der Waals surface area contributed by atoms with E-state index in [1.807, 2.05) is 13.8 Å². The van der Waals surface area contributed by atoms with E-state index in [9.17, 15) is 4.79 Å². The lowest BCUT2D eigenvalue weighted by Gasteiger charge is -2.12. The molecular formula is C13H21N3OS. The molecule has 1 aliphatic rings. The number of hydrogen-bond acceptors (Lipinski definition) is 4. The van der Waals surface area contributed by atoms with E-state index in [0.717, 1.165) is 30.3 Å². The Morgan fingerprint density at radius 1 is 1.50 bits per heavy atom. The van der Waals surface area contributed by atoms with Crippen molar-refractivity contribution in [3.05, 3.63) is 11.1 Å². The van der Waals surface area contributed by atoms with Crippen LogP contribution in [0.2, 0.25) is 0 Å². The summed E-state index contributed by atoms with van der Waals surface area (Å²) in [6.07, 6.45) is 3.38. The van der Waals surface area contributed by atoms with Gasteiger partial charge in [-0.1, -0.05) is 13.8 Å². The molecule has 0 radical (unpaired) electrons. The highest BCUT2D eigenvalue weighted by atomic mass is 32.1. The van der Waals surface area contributed by atoms with E-state index >= 15 is 0 Å². The molecule has 1 N–H and O–H groups in total. The molecule has 1 aromatic rings. The van der Waals surface area contributed by atoms with E-state index in [4.69, 9.17) is 0 Å². The van der Waals surface area contributed by atoms with Gasteiger partial charge in [-0.25, -0.2) is 4.98 Å². The number of thiazole rings is 1. The number of nitrogens with one attached hydrogen (secondary N) is 1. The van der Waals surface area contributed by atoms with Crippen LogP contribution < -0.4 is 10.2 Å². The molecule has 18 heavy (non-hydrogen) atoms. The fourth-order valence-corrected chi connectivity index (χ4v) is 2.90. The summed E-state index contributed by atoms with van der Waals surface area (Å²) in [5.41, 5.74) is 1.09. The van der Waals surface area contributed by atoms with E-state index in [-0.39, 0.29) is 11.8 Å². The second kappa shape index (κ2) is 6.18. The molecule has 0 atom stereocenters. The third-order valence-corrected chi connectivity index (χ3v) is 4.07. The molecule has 100 valence electrons. The second-order valence-electron chi connectivity index (χ2n) is 5.01. The molecule has 1 aromatic heterocycles. The van der Waals surface area contributed by atoms with Crippen LogP contribution in [0.4, 0.5) is 5.13 Å². The first-order valence-electron chi connectivity index (χ1n) is 6.64. The van der Waals surface area contributed by atoms with E-state index < -0.39 is 0 Å². The van der Waals surface area contributed by atoms with Gasteiger partial charge in [0.2, 0.25) is 5.91 Å². The smallest absolute Gasteiger partial charge is 0.222 e. The van der Waals surface area contributed by atoms with Crippen LogP contribution in [0.1, 0.15) is 32.4 Å². The Balaban J connectivity index is 1.78. The average Bonchev–Trinajstić information content (AvgIpc) is 2.98. The predicted molar refractivity (Wildman–Crippen MR) is 75.1 cm³/mol. The molecule has 0 saturated carbocycles. The zero-order valence-corrected chi connectivity index (χ0v) is 11.9. The van der Waals surface area contributed by atoms with Crippen molar-refractivity contribution in [1.29, 1.82) is 0 Å². The zero-order chi connectivity index (χ0) is 13.0. The zero-order valence-electron chi connectivity index (χ0n) is 11.1. The standard InChI is InChI=1S/C13H21N3OS/c1-10(2)12(17)14-6-5-11-9-18-13(15-11)16-7-3-4-8-16/h9-10H,3-8H2,1-2H3,(H,14,17). The fraction of sp³-hybridized carbons (Fsp3) is 0.692. The van der Waals surface area contributed by atoms with Gasteiger partial charge in [0.05, 0.1) is 5.69 Å². The second-order valence-corrected chi connectivity index (χ2v) is 5.85. The Morgan fingerprint density at radius 2 is 2.22 bits per heavy atom. The Bertz CT molecular complexity index is 397. The first-order chi connectivity index (χ1) is 8.66. The highest BCUT2D eigenvalue weighted by Crippen LogP contribution is 2.24. The lowest BCUT2D eigenvalue weighted by molar-refractivity contribution is -0.123. The van der Waals surface area contributed by atoms with E-state index in [1.165, 1.54) is 12.8 Å². The summed E-state index contributed by atoms with van der Waals surface area (Å²) in [5, 5.41) is 6.16. The molecule has 0 bridgehead atoms. The van der Waals surface area contributed by atoms with Crippen LogP contribution in [0.5, 0.6) is 0 Å². The van der Waals surface area contributed by atoms with Gasteiger partial charge < -0.3 is 10.2 Å². The largest absolute Gasteiger partial charge is 0.355 e. The summed E-state index contributed by atoms with van der Waals surface area (Å²) in [5.74, 6) is 0.172. The Hall–Kier alpha value is -1.10. The molecule has 5 heteroatoms. The van der Waals surface area contributed by atoms with Crippen molar-refractivity contribution in [2.45, 2.75) is 33.1 Å². The van der Waals surface area contributed by atoms with Crippen LogP contribution in [0.25, 0.3) is 0 Å². The van der Waals surface area contributed by atoms with Crippen molar-refractivity contribution in [2.75, 3.05) is 24.5 Å². The van der Waals surface area contributed by atoms with Crippen LogP contribution >= 0.6 is 11.3 Å². The Morgan fingerprint density at radius 3 is 2.89 bits per heavy atom. The minimum Gasteiger partial charge on any atom is -0.355 e. The van der Waals surface area contributed by atoms with Crippen molar-refractivity contribution < 1.29 is 4.79 Å². The molecule has 1 fully saturated rings. The topological polar surface area (TPSA) is 45.2 Å². The first-order valence-corrected chi connectivity index (χ1v) is 7.52. The summed E-state index contributed by atoms with van der Waals surface area (Å²) < 4.78 is 0. The third kappa shape index (κ3) is 3.45. The normalized spacial score (nSPS) is 15.4. The number of hydrogen-bond donors (Lipinski definition) is 1. The van der Waals surface area contributed by atoms with Crippen molar-refractivity contribution in [2.24, 2.45) is 5.92 Å². The number of carbonyl (C=O) groups is 1. The average molecular weight is 267 g/mol. The van der Waals surface area contributed by atoms with E-state index in [1.54, 1.807) is 11.3 Å². The molecule has 0 unspecified atom stereocenters. The SMILES string of the molecule is CC(C)C(=O)NCCc1csc(N2CCCC2)n1. The lowest BCUT2D eigenvalue weighted by atomic mass is 10.2. The number of carbonyl (C=O) groups excluding carboxylic acids is 1. The molecule has 2 heterocycles. The van der Waals surface area contributed by atoms with Crippen LogP contribution in [-0.4, -0.2) is 30.5 Å². The number of anilines is 1. The summed E-state index contributed by atoms with van der Waals surface area (Å²) >= 11 is 1.71. The van der Waals surface area contributed by atoms with Crippen LogP contribution in [0, 0.1) is 5.92 Å².